The van der Waals surface area contributed by atoms with E-state index in [2.05, 4.69) is 0 Å². The molecule has 0 bridgehead atoms. The minimum atomic E-state index is -0.605. The molecule has 2 nitrogen and oxygen atoms in total. The summed E-state index contributed by atoms with van der Waals surface area (Å²) in [5, 5.41) is 0. The van der Waals surface area contributed by atoms with E-state index in [1.54, 1.807) is 0 Å². The Labute approximate surface area is 109 Å². The number of halogens is 2. The third-order valence-corrected chi connectivity index (χ3v) is 3.99. The Morgan fingerprint density at radius 2 is 1.94 bits per heavy atom. The summed E-state index contributed by atoms with van der Waals surface area (Å²) >= 11 is 1.12. The van der Waals surface area contributed by atoms with E-state index in [-0.39, 0.29) is 11.7 Å². The van der Waals surface area contributed by atoms with Crippen LogP contribution in [-0.2, 0) is 4.79 Å². The molecule has 5 heteroatoms. The molecule has 2 rings (SSSR count). The topological polar surface area (TPSA) is 20.3 Å². The standard InChI is InChI=1S/C13H15F2NOS/c14-10-4-5-12(11(15)8-10)18-9-13(17)16-6-2-1-3-7-16/h4-5,8H,1-3,6-7,9H2. The van der Waals surface area contributed by atoms with Crippen LogP contribution in [0.15, 0.2) is 23.1 Å². The van der Waals surface area contributed by atoms with Crippen LogP contribution in [0.4, 0.5) is 8.78 Å². The second-order valence-electron chi connectivity index (χ2n) is 4.30. The molecule has 1 aromatic rings. The predicted molar refractivity (Wildman–Crippen MR) is 67.5 cm³/mol. The quantitative estimate of drug-likeness (QED) is 0.787. The molecule has 1 heterocycles. The van der Waals surface area contributed by atoms with Crippen molar-refractivity contribution >= 4 is 17.7 Å². The van der Waals surface area contributed by atoms with Gasteiger partial charge in [-0.15, -0.1) is 11.8 Å². The van der Waals surface area contributed by atoms with Gasteiger partial charge in [-0.05, 0) is 31.4 Å². The van der Waals surface area contributed by atoms with E-state index in [1.807, 2.05) is 4.90 Å². The SMILES string of the molecule is O=C(CSc1ccc(F)cc1F)N1CCCCC1. The highest BCUT2D eigenvalue weighted by atomic mass is 32.2. The third kappa shape index (κ3) is 3.45. The van der Waals surface area contributed by atoms with Gasteiger partial charge in [0.2, 0.25) is 5.91 Å². The molecule has 1 aromatic carbocycles. The zero-order chi connectivity index (χ0) is 13.0. The molecule has 98 valence electrons. The molecule has 0 saturated carbocycles. The van der Waals surface area contributed by atoms with Crippen LogP contribution in [0.2, 0.25) is 0 Å². The average molecular weight is 271 g/mol. The van der Waals surface area contributed by atoms with Crippen LogP contribution in [0.25, 0.3) is 0 Å². The predicted octanol–water partition coefficient (Wildman–Crippen LogP) is 3.07. The molecular formula is C13H15F2NOS. The number of thioether (sulfide) groups is 1. The normalized spacial score (nSPS) is 15.8. The molecule has 0 N–H and O–H groups in total. The van der Waals surface area contributed by atoms with Crippen LogP contribution < -0.4 is 0 Å². The lowest BCUT2D eigenvalue weighted by atomic mass is 10.1. The lowest BCUT2D eigenvalue weighted by Gasteiger charge is -2.26. The lowest BCUT2D eigenvalue weighted by molar-refractivity contribution is -0.129. The second kappa shape index (κ2) is 6.18. The molecule has 1 aliphatic heterocycles. The van der Waals surface area contributed by atoms with Gasteiger partial charge in [0.25, 0.3) is 0 Å². The van der Waals surface area contributed by atoms with E-state index < -0.39 is 11.6 Å². The molecule has 1 saturated heterocycles. The summed E-state index contributed by atoms with van der Waals surface area (Å²) in [4.78, 5) is 14.0. The van der Waals surface area contributed by atoms with Crippen molar-refractivity contribution in [1.82, 2.24) is 4.90 Å². The maximum absolute atomic E-state index is 13.4. The van der Waals surface area contributed by atoms with Gasteiger partial charge in [-0.3, -0.25) is 4.79 Å². The van der Waals surface area contributed by atoms with Crippen molar-refractivity contribution in [2.24, 2.45) is 0 Å². The van der Waals surface area contributed by atoms with E-state index in [0.717, 1.165) is 43.8 Å². The molecule has 0 unspecified atom stereocenters. The van der Waals surface area contributed by atoms with Crippen molar-refractivity contribution in [1.29, 1.82) is 0 Å². The van der Waals surface area contributed by atoms with Gasteiger partial charge in [-0.1, -0.05) is 0 Å². The van der Waals surface area contributed by atoms with Crippen molar-refractivity contribution in [3.63, 3.8) is 0 Å². The smallest absolute Gasteiger partial charge is 0.232 e. The molecule has 1 amide bonds. The number of carbonyl (C=O) groups is 1. The fourth-order valence-electron chi connectivity index (χ4n) is 1.97. The van der Waals surface area contributed by atoms with Gasteiger partial charge in [0.15, 0.2) is 0 Å². The first-order valence-electron chi connectivity index (χ1n) is 6.02. The van der Waals surface area contributed by atoms with Crippen LogP contribution in [-0.4, -0.2) is 29.6 Å². The van der Waals surface area contributed by atoms with Gasteiger partial charge in [0.05, 0.1) is 5.75 Å². The summed E-state index contributed by atoms with van der Waals surface area (Å²) in [6.07, 6.45) is 3.26. The molecular weight excluding hydrogens is 256 g/mol. The highest BCUT2D eigenvalue weighted by molar-refractivity contribution is 8.00. The largest absolute Gasteiger partial charge is 0.342 e. The highest BCUT2D eigenvalue weighted by Crippen LogP contribution is 2.23. The van der Waals surface area contributed by atoms with Crippen molar-refractivity contribution in [2.75, 3.05) is 18.8 Å². The lowest BCUT2D eigenvalue weighted by Crippen LogP contribution is -2.36. The van der Waals surface area contributed by atoms with Gasteiger partial charge in [-0.2, -0.15) is 0 Å². The van der Waals surface area contributed by atoms with E-state index >= 15 is 0 Å². The number of nitrogens with zero attached hydrogens (tertiary/aromatic N) is 1. The number of likely N-dealkylation sites (tertiary alicyclic amines) is 1. The van der Waals surface area contributed by atoms with Crippen molar-refractivity contribution in [2.45, 2.75) is 24.2 Å². The minimum Gasteiger partial charge on any atom is -0.342 e. The van der Waals surface area contributed by atoms with Gasteiger partial charge in [0, 0.05) is 24.1 Å². The molecule has 0 spiro atoms. The summed E-state index contributed by atoms with van der Waals surface area (Å²) in [5.41, 5.74) is 0. The minimum absolute atomic E-state index is 0.0309. The van der Waals surface area contributed by atoms with Crippen molar-refractivity contribution in [3.8, 4) is 0 Å². The Kier molecular flexibility index (Phi) is 4.58. The van der Waals surface area contributed by atoms with Crippen molar-refractivity contribution < 1.29 is 13.6 Å². The Hall–Kier alpha value is -1.10. The van der Waals surface area contributed by atoms with E-state index in [9.17, 15) is 13.6 Å². The van der Waals surface area contributed by atoms with Crippen LogP contribution in [0.1, 0.15) is 19.3 Å². The van der Waals surface area contributed by atoms with E-state index in [0.29, 0.717) is 4.90 Å². The second-order valence-corrected chi connectivity index (χ2v) is 5.32. The number of hydrogen-bond donors (Lipinski definition) is 0. The first kappa shape index (κ1) is 13.3. The van der Waals surface area contributed by atoms with Crippen LogP contribution >= 0.6 is 11.8 Å². The Morgan fingerprint density at radius 3 is 2.61 bits per heavy atom. The first-order valence-corrected chi connectivity index (χ1v) is 7.01. The third-order valence-electron chi connectivity index (χ3n) is 2.95. The average Bonchev–Trinajstić information content (AvgIpc) is 2.38. The van der Waals surface area contributed by atoms with Crippen LogP contribution in [0.3, 0.4) is 0 Å². The molecule has 0 aliphatic carbocycles. The fraction of sp³-hybridized carbons (Fsp3) is 0.462. The molecule has 0 aromatic heterocycles. The Morgan fingerprint density at radius 1 is 1.22 bits per heavy atom. The molecule has 0 radical (unpaired) electrons. The molecule has 1 fully saturated rings. The van der Waals surface area contributed by atoms with Crippen LogP contribution in [0.5, 0.6) is 0 Å². The van der Waals surface area contributed by atoms with Gasteiger partial charge >= 0.3 is 0 Å². The maximum Gasteiger partial charge on any atom is 0.232 e. The number of benzene rings is 1. The summed E-state index contributed by atoms with van der Waals surface area (Å²) < 4.78 is 26.1. The van der Waals surface area contributed by atoms with Gasteiger partial charge in [-0.25, -0.2) is 8.78 Å². The number of rotatable bonds is 3. The molecule has 1 aliphatic rings. The molecule has 0 atom stereocenters. The number of carbonyl (C=O) groups excluding carboxylic acids is 1. The van der Waals surface area contributed by atoms with Gasteiger partial charge < -0.3 is 4.90 Å². The number of amides is 1. The van der Waals surface area contributed by atoms with E-state index in [4.69, 9.17) is 0 Å². The maximum atomic E-state index is 13.4. The fourth-order valence-corrected chi connectivity index (χ4v) is 2.79. The number of hydrogen-bond acceptors (Lipinski definition) is 2. The molecule has 18 heavy (non-hydrogen) atoms. The Balaban J connectivity index is 1.88. The summed E-state index contributed by atoms with van der Waals surface area (Å²) in [6, 6.07) is 3.42. The summed E-state index contributed by atoms with van der Waals surface area (Å²) in [7, 11) is 0. The zero-order valence-electron chi connectivity index (χ0n) is 9.99. The monoisotopic (exact) mass is 271 g/mol. The Bertz CT molecular complexity index is 433. The van der Waals surface area contributed by atoms with Crippen molar-refractivity contribution in [3.05, 3.63) is 29.8 Å². The number of piperidine rings is 1. The van der Waals surface area contributed by atoms with E-state index in [1.165, 1.54) is 18.6 Å². The highest BCUT2D eigenvalue weighted by Gasteiger charge is 2.17. The zero-order valence-corrected chi connectivity index (χ0v) is 10.8. The summed E-state index contributed by atoms with van der Waals surface area (Å²) in [5.74, 6) is -0.961. The van der Waals surface area contributed by atoms with Gasteiger partial charge in [0.1, 0.15) is 11.6 Å². The summed E-state index contributed by atoms with van der Waals surface area (Å²) in [6.45, 7) is 1.59. The van der Waals surface area contributed by atoms with Crippen LogP contribution in [0, 0.1) is 11.6 Å². The first-order chi connectivity index (χ1) is 8.66.